The Balaban J connectivity index is 2.35. The lowest BCUT2D eigenvalue weighted by Gasteiger charge is -2.19. The molecule has 0 aliphatic carbocycles. The molecule has 1 aliphatic heterocycles. The first-order valence-electron chi connectivity index (χ1n) is 5.63. The average molecular weight is 257 g/mol. The minimum absolute atomic E-state index is 0.0323. The third-order valence-corrected chi connectivity index (χ3v) is 4.27. The monoisotopic (exact) mass is 256 g/mol. The Kier molecular flexibility index (Phi) is 3.45. The molecule has 0 spiro atoms. The van der Waals surface area contributed by atoms with Gasteiger partial charge in [-0.05, 0) is 24.7 Å². The van der Waals surface area contributed by atoms with Gasteiger partial charge in [0, 0.05) is 5.41 Å². The Bertz CT molecular complexity index is 381. The molecule has 2 nitrogen and oxygen atoms in total. The SMILES string of the molecule is CC(C)(C)c1cc(Cl)nc(C2CCCS2)n1. The molecule has 1 aromatic heterocycles. The van der Waals surface area contributed by atoms with Gasteiger partial charge in [-0.3, -0.25) is 0 Å². The van der Waals surface area contributed by atoms with Crippen molar-refractivity contribution in [3.8, 4) is 0 Å². The van der Waals surface area contributed by atoms with Gasteiger partial charge in [0.2, 0.25) is 0 Å². The fourth-order valence-electron chi connectivity index (χ4n) is 1.74. The van der Waals surface area contributed by atoms with Gasteiger partial charge >= 0.3 is 0 Å². The summed E-state index contributed by atoms with van der Waals surface area (Å²) < 4.78 is 0. The van der Waals surface area contributed by atoms with Crippen molar-refractivity contribution in [3.63, 3.8) is 0 Å². The predicted molar refractivity (Wildman–Crippen MR) is 70.2 cm³/mol. The van der Waals surface area contributed by atoms with Gasteiger partial charge in [-0.2, -0.15) is 11.8 Å². The second kappa shape index (κ2) is 4.53. The predicted octanol–water partition coefficient (Wildman–Crippen LogP) is 4.00. The molecule has 1 aromatic rings. The Morgan fingerprint density at radius 2 is 2.12 bits per heavy atom. The van der Waals surface area contributed by atoms with Crippen LogP contribution in [-0.4, -0.2) is 15.7 Å². The van der Waals surface area contributed by atoms with Gasteiger partial charge in [0.25, 0.3) is 0 Å². The molecular weight excluding hydrogens is 240 g/mol. The third-order valence-electron chi connectivity index (χ3n) is 2.70. The number of nitrogens with zero attached hydrogens (tertiary/aromatic N) is 2. The molecule has 1 unspecified atom stereocenters. The van der Waals surface area contributed by atoms with Crippen LogP contribution >= 0.6 is 23.4 Å². The van der Waals surface area contributed by atoms with Gasteiger partial charge in [-0.1, -0.05) is 32.4 Å². The van der Waals surface area contributed by atoms with Gasteiger partial charge in [-0.25, -0.2) is 9.97 Å². The summed E-state index contributed by atoms with van der Waals surface area (Å²) in [6, 6.07) is 1.88. The van der Waals surface area contributed by atoms with E-state index < -0.39 is 0 Å². The van der Waals surface area contributed by atoms with Crippen LogP contribution in [0.2, 0.25) is 5.15 Å². The van der Waals surface area contributed by atoms with Crippen molar-refractivity contribution in [2.75, 3.05) is 5.75 Å². The normalized spacial score (nSPS) is 21.4. The van der Waals surface area contributed by atoms with E-state index in [2.05, 4.69) is 30.7 Å². The van der Waals surface area contributed by atoms with Gasteiger partial charge in [0.1, 0.15) is 11.0 Å². The largest absolute Gasteiger partial charge is 0.236 e. The Morgan fingerprint density at radius 1 is 1.38 bits per heavy atom. The van der Waals surface area contributed by atoms with Crippen LogP contribution in [0.3, 0.4) is 0 Å². The summed E-state index contributed by atoms with van der Waals surface area (Å²) in [5, 5.41) is 1.02. The van der Waals surface area contributed by atoms with Crippen molar-refractivity contribution in [1.29, 1.82) is 0 Å². The van der Waals surface area contributed by atoms with Crippen molar-refractivity contribution < 1.29 is 0 Å². The first-order chi connectivity index (χ1) is 7.47. The highest BCUT2D eigenvalue weighted by atomic mass is 35.5. The van der Waals surface area contributed by atoms with Crippen molar-refractivity contribution in [1.82, 2.24) is 9.97 Å². The summed E-state index contributed by atoms with van der Waals surface area (Å²) in [5.74, 6) is 2.13. The topological polar surface area (TPSA) is 25.8 Å². The lowest BCUT2D eigenvalue weighted by Crippen LogP contribution is -2.16. The first-order valence-corrected chi connectivity index (χ1v) is 7.06. The highest BCUT2D eigenvalue weighted by Crippen LogP contribution is 2.39. The van der Waals surface area contributed by atoms with E-state index in [1.54, 1.807) is 0 Å². The Hall–Kier alpha value is -0.280. The van der Waals surface area contributed by atoms with Crippen LogP contribution < -0.4 is 0 Å². The van der Waals surface area contributed by atoms with E-state index in [1.165, 1.54) is 18.6 Å². The second-order valence-electron chi connectivity index (χ2n) is 5.19. The van der Waals surface area contributed by atoms with E-state index >= 15 is 0 Å². The minimum atomic E-state index is 0.0323. The van der Waals surface area contributed by atoms with Gasteiger partial charge in [0.05, 0.1) is 10.9 Å². The number of rotatable bonds is 1. The van der Waals surface area contributed by atoms with Gasteiger partial charge in [-0.15, -0.1) is 0 Å². The summed E-state index contributed by atoms with van der Waals surface area (Å²) in [6.45, 7) is 6.45. The molecule has 1 fully saturated rings. The third kappa shape index (κ3) is 2.69. The maximum Gasteiger partial charge on any atom is 0.143 e. The summed E-state index contributed by atoms with van der Waals surface area (Å²) in [5.41, 5.74) is 1.07. The summed E-state index contributed by atoms with van der Waals surface area (Å²) in [7, 11) is 0. The van der Waals surface area contributed by atoms with Crippen LogP contribution in [0.15, 0.2) is 6.07 Å². The molecule has 0 amide bonds. The number of hydrogen-bond acceptors (Lipinski definition) is 3. The van der Waals surface area contributed by atoms with Crippen LogP contribution in [0, 0.1) is 0 Å². The van der Waals surface area contributed by atoms with E-state index in [0.29, 0.717) is 10.4 Å². The molecule has 4 heteroatoms. The first kappa shape index (κ1) is 12.2. The molecule has 0 radical (unpaired) electrons. The molecule has 1 atom stereocenters. The average Bonchev–Trinajstić information content (AvgIpc) is 2.68. The standard InChI is InChI=1S/C12H17ClN2S/c1-12(2,3)9-7-10(13)15-11(14-9)8-5-4-6-16-8/h7-8H,4-6H2,1-3H3. The van der Waals surface area contributed by atoms with Crippen molar-refractivity contribution in [2.45, 2.75) is 44.3 Å². The second-order valence-corrected chi connectivity index (χ2v) is 6.88. The highest BCUT2D eigenvalue weighted by molar-refractivity contribution is 7.99. The maximum atomic E-state index is 6.07. The number of halogens is 1. The summed E-state index contributed by atoms with van der Waals surface area (Å²) >= 11 is 8.01. The summed E-state index contributed by atoms with van der Waals surface area (Å²) in [6.07, 6.45) is 2.44. The maximum absolute atomic E-state index is 6.07. The fourth-order valence-corrected chi connectivity index (χ4v) is 3.14. The van der Waals surface area contributed by atoms with Crippen LogP contribution in [0.4, 0.5) is 0 Å². The van der Waals surface area contributed by atoms with Crippen LogP contribution in [0.5, 0.6) is 0 Å². The van der Waals surface area contributed by atoms with E-state index in [-0.39, 0.29) is 5.41 Å². The fraction of sp³-hybridized carbons (Fsp3) is 0.667. The van der Waals surface area contributed by atoms with E-state index in [4.69, 9.17) is 11.6 Å². The Morgan fingerprint density at radius 3 is 2.69 bits per heavy atom. The highest BCUT2D eigenvalue weighted by Gasteiger charge is 2.24. The van der Waals surface area contributed by atoms with Gasteiger partial charge in [0.15, 0.2) is 0 Å². The molecule has 0 saturated carbocycles. The minimum Gasteiger partial charge on any atom is -0.236 e. The zero-order valence-electron chi connectivity index (χ0n) is 9.96. The molecule has 0 N–H and O–H groups in total. The van der Waals surface area contributed by atoms with Crippen molar-refractivity contribution >= 4 is 23.4 Å². The lowest BCUT2D eigenvalue weighted by molar-refractivity contribution is 0.560. The van der Waals surface area contributed by atoms with Crippen LogP contribution in [0.25, 0.3) is 0 Å². The van der Waals surface area contributed by atoms with Crippen molar-refractivity contribution in [2.24, 2.45) is 0 Å². The van der Waals surface area contributed by atoms with Gasteiger partial charge < -0.3 is 0 Å². The molecule has 0 bridgehead atoms. The molecule has 88 valence electrons. The van der Waals surface area contributed by atoms with Crippen molar-refractivity contribution in [3.05, 3.63) is 22.7 Å². The zero-order chi connectivity index (χ0) is 11.8. The molecule has 2 rings (SSSR count). The quantitative estimate of drug-likeness (QED) is 0.711. The number of aromatic nitrogens is 2. The molecule has 1 saturated heterocycles. The van der Waals surface area contributed by atoms with E-state index in [9.17, 15) is 0 Å². The summed E-state index contributed by atoms with van der Waals surface area (Å²) in [4.78, 5) is 9.03. The molecule has 16 heavy (non-hydrogen) atoms. The smallest absolute Gasteiger partial charge is 0.143 e. The van der Waals surface area contributed by atoms with E-state index in [1.807, 2.05) is 17.8 Å². The number of hydrogen-bond donors (Lipinski definition) is 0. The van der Waals surface area contributed by atoms with Crippen LogP contribution in [-0.2, 0) is 5.41 Å². The lowest BCUT2D eigenvalue weighted by atomic mass is 9.92. The molecular formula is C12H17ClN2S. The Labute approximate surface area is 106 Å². The van der Waals surface area contributed by atoms with Crippen LogP contribution in [0.1, 0.15) is 50.4 Å². The molecule has 1 aliphatic rings. The molecule has 0 aromatic carbocycles. The molecule has 2 heterocycles. The zero-order valence-corrected chi connectivity index (χ0v) is 11.5. The van der Waals surface area contributed by atoms with E-state index in [0.717, 1.165) is 11.5 Å². The number of thioether (sulfide) groups is 1.